The van der Waals surface area contributed by atoms with Crippen molar-refractivity contribution in [3.05, 3.63) is 22.8 Å². The number of pyridine rings is 1. The molecule has 0 saturated carbocycles. The Morgan fingerprint density at radius 2 is 2.46 bits per heavy atom. The van der Waals surface area contributed by atoms with E-state index in [0.717, 1.165) is 9.50 Å². The molecular weight excluding hydrogens is 252 g/mol. The molecule has 0 spiro atoms. The van der Waals surface area contributed by atoms with Crippen molar-refractivity contribution in [3.8, 4) is 0 Å². The molecule has 0 amide bonds. The van der Waals surface area contributed by atoms with Gasteiger partial charge in [-0.2, -0.15) is 0 Å². The number of halogens is 1. The van der Waals surface area contributed by atoms with Crippen LogP contribution in [0.5, 0.6) is 0 Å². The van der Waals surface area contributed by atoms with Gasteiger partial charge in [0.05, 0.1) is 6.61 Å². The number of hydrogen-bond acceptors (Lipinski definition) is 4. The van der Waals surface area contributed by atoms with E-state index < -0.39 is 0 Å². The van der Waals surface area contributed by atoms with E-state index in [4.69, 9.17) is 10.8 Å². The molecule has 0 aliphatic carbocycles. The van der Waals surface area contributed by atoms with Gasteiger partial charge in [0.2, 0.25) is 0 Å². The lowest BCUT2D eigenvalue weighted by atomic mass is 10.4. The van der Waals surface area contributed by atoms with Crippen molar-refractivity contribution in [2.75, 3.05) is 12.4 Å². The van der Waals surface area contributed by atoms with Crippen LogP contribution in [0.15, 0.2) is 27.8 Å². The SMILES string of the molecule is NC(CO)CSc1ncccc1Br. The molecule has 0 aliphatic rings. The van der Waals surface area contributed by atoms with Crippen LogP contribution in [0, 0.1) is 0 Å². The highest BCUT2D eigenvalue weighted by molar-refractivity contribution is 9.10. The first kappa shape index (κ1) is 11.0. The lowest BCUT2D eigenvalue weighted by Crippen LogP contribution is -2.26. The Morgan fingerprint density at radius 1 is 1.69 bits per heavy atom. The molecule has 1 atom stereocenters. The predicted molar refractivity (Wildman–Crippen MR) is 57.7 cm³/mol. The molecule has 72 valence electrons. The van der Waals surface area contributed by atoms with E-state index in [1.54, 1.807) is 6.20 Å². The lowest BCUT2D eigenvalue weighted by molar-refractivity contribution is 0.275. The Bertz CT molecular complexity index is 272. The first-order valence-corrected chi connectivity index (χ1v) is 5.61. The summed E-state index contributed by atoms with van der Waals surface area (Å²) in [7, 11) is 0. The highest BCUT2D eigenvalue weighted by Gasteiger charge is 2.04. The fourth-order valence-electron chi connectivity index (χ4n) is 0.716. The van der Waals surface area contributed by atoms with Gasteiger partial charge in [-0.1, -0.05) is 0 Å². The molecule has 3 N–H and O–H groups in total. The number of thioether (sulfide) groups is 1. The average Bonchev–Trinajstić information content (AvgIpc) is 2.16. The van der Waals surface area contributed by atoms with Gasteiger partial charge in [-0.05, 0) is 28.1 Å². The zero-order valence-electron chi connectivity index (χ0n) is 6.98. The second kappa shape index (κ2) is 5.59. The van der Waals surface area contributed by atoms with Gasteiger partial charge in [0.25, 0.3) is 0 Å². The second-order valence-corrected chi connectivity index (χ2v) is 4.41. The van der Waals surface area contributed by atoms with Gasteiger partial charge >= 0.3 is 0 Å². The first-order valence-electron chi connectivity index (χ1n) is 3.83. The zero-order chi connectivity index (χ0) is 9.68. The number of aliphatic hydroxyl groups is 1. The standard InChI is InChI=1S/C8H11BrN2OS/c9-7-2-1-3-11-8(7)13-5-6(10)4-12/h1-3,6,12H,4-5,10H2. The van der Waals surface area contributed by atoms with E-state index in [-0.39, 0.29) is 12.6 Å². The molecule has 1 heterocycles. The van der Waals surface area contributed by atoms with E-state index in [1.807, 2.05) is 12.1 Å². The highest BCUT2D eigenvalue weighted by Crippen LogP contribution is 2.24. The monoisotopic (exact) mass is 262 g/mol. The summed E-state index contributed by atoms with van der Waals surface area (Å²) in [6, 6.07) is 3.61. The molecular formula is C8H11BrN2OS. The predicted octanol–water partition coefficient (Wildman–Crippen LogP) is 1.26. The average molecular weight is 263 g/mol. The molecule has 1 unspecified atom stereocenters. The summed E-state index contributed by atoms with van der Waals surface area (Å²) in [5.41, 5.74) is 5.56. The number of aliphatic hydroxyl groups excluding tert-OH is 1. The number of hydrogen-bond donors (Lipinski definition) is 2. The molecule has 0 fully saturated rings. The maximum absolute atomic E-state index is 8.71. The van der Waals surface area contributed by atoms with Crippen LogP contribution in [0.25, 0.3) is 0 Å². The summed E-state index contributed by atoms with van der Waals surface area (Å²) >= 11 is 4.92. The van der Waals surface area contributed by atoms with Crippen molar-refractivity contribution in [2.24, 2.45) is 5.73 Å². The summed E-state index contributed by atoms with van der Waals surface area (Å²) in [6.45, 7) is 0.0114. The van der Waals surface area contributed by atoms with E-state index in [2.05, 4.69) is 20.9 Å². The largest absolute Gasteiger partial charge is 0.395 e. The van der Waals surface area contributed by atoms with Gasteiger partial charge < -0.3 is 10.8 Å². The first-order chi connectivity index (χ1) is 6.24. The molecule has 0 aromatic carbocycles. The summed E-state index contributed by atoms with van der Waals surface area (Å²) in [4.78, 5) is 4.16. The van der Waals surface area contributed by atoms with Gasteiger partial charge in [-0.3, -0.25) is 0 Å². The zero-order valence-corrected chi connectivity index (χ0v) is 9.38. The van der Waals surface area contributed by atoms with Crippen LogP contribution in [0.2, 0.25) is 0 Å². The lowest BCUT2D eigenvalue weighted by Gasteiger charge is -2.07. The quantitative estimate of drug-likeness (QED) is 0.803. The summed E-state index contributed by atoms with van der Waals surface area (Å²) in [6.07, 6.45) is 1.73. The molecule has 13 heavy (non-hydrogen) atoms. The third-order valence-corrected chi connectivity index (χ3v) is 3.49. The molecule has 1 rings (SSSR count). The van der Waals surface area contributed by atoms with Gasteiger partial charge in [-0.25, -0.2) is 4.98 Å². The number of nitrogens with zero attached hydrogens (tertiary/aromatic N) is 1. The fraction of sp³-hybridized carbons (Fsp3) is 0.375. The summed E-state index contributed by atoms with van der Waals surface area (Å²) < 4.78 is 0.963. The van der Waals surface area contributed by atoms with Crippen molar-refractivity contribution in [3.63, 3.8) is 0 Å². The van der Waals surface area contributed by atoms with E-state index in [1.165, 1.54) is 11.8 Å². The van der Waals surface area contributed by atoms with Crippen molar-refractivity contribution >= 4 is 27.7 Å². The van der Waals surface area contributed by atoms with Gasteiger partial charge in [0.1, 0.15) is 5.03 Å². The topological polar surface area (TPSA) is 59.1 Å². The molecule has 0 radical (unpaired) electrons. The smallest absolute Gasteiger partial charge is 0.110 e. The number of aromatic nitrogens is 1. The van der Waals surface area contributed by atoms with Crippen LogP contribution < -0.4 is 5.73 Å². The third-order valence-electron chi connectivity index (χ3n) is 1.39. The highest BCUT2D eigenvalue weighted by atomic mass is 79.9. The maximum Gasteiger partial charge on any atom is 0.110 e. The van der Waals surface area contributed by atoms with Gasteiger partial charge in [0, 0.05) is 22.5 Å². The van der Waals surface area contributed by atoms with Crippen molar-refractivity contribution in [1.29, 1.82) is 0 Å². The molecule has 0 saturated heterocycles. The van der Waals surface area contributed by atoms with Crippen LogP contribution in [0.1, 0.15) is 0 Å². The minimum atomic E-state index is -0.182. The Hall–Kier alpha value is -0.100. The van der Waals surface area contributed by atoms with Gasteiger partial charge in [0.15, 0.2) is 0 Å². The number of nitrogens with two attached hydrogens (primary N) is 1. The Balaban J connectivity index is 2.50. The van der Waals surface area contributed by atoms with Crippen molar-refractivity contribution in [1.82, 2.24) is 4.98 Å². The van der Waals surface area contributed by atoms with Crippen LogP contribution in [-0.4, -0.2) is 28.5 Å². The molecule has 0 aliphatic heterocycles. The maximum atomic E-state index is 8.71. The van der Waals surface area contributed by atoms with E-state index in [0.29, 0.717) is 5.75 Å². The van der Waals surface area contributed by atoms with E-state index >= 15 is 0 Å². The molecule has 3 nitrogen and oxygen atoms in total. The Kier molecular flexibility index (Phi) is 4.72. The minimum Gasteiger partial charge on any atom is -0.395 e. The van der Waals surface area contributed by atoms with Gasteiger partial charge in [-0.15, -0.1) is 11.8 Å². The minimum absolute atomic E-state index is 0.0114. The number of rotatable bonds is 4. The molecule has 5 heteroatoms. The molecule has 1 aromatic heterocycles. The van der Waals surface area contributed by atoms with Crippen LogP contribution in [0.4, 0.5) is 0 Å². The van der Waals surface area contributed by atoms with E-state index in [9.17, 15) is 0 Å². The normalized spacial score (nSPS) is 12.8. The molecule has 0 bridgehead atoms. The van der Waals surface area contributed by atoms with Crippen LogP contribution >= 0.6 is 27.7 Å². The third kappa shape index (κ3) is 3.64. The van der Waals surface area contributed by atoms with Crippen molar-refractivity contribution < 1.29 is 5.11 Å². The molecule has 1 aromatic rings. The summed E-state index contributed by atoms with van der Waals surface area (Å²) in [5.74, 6) is 0.673. The summed E-state index contributed by atoms with van der Waals surface area (Å²) in [5, 5.41) is 9.62. The van der Waals surface area contributed by atoms with Crippen LogP contribution in [0.3, 0.4) is 0 Å². The Labute approximate surface area is 89.9 Å². The Morgan fingerprint density at radius 3 is 3.08 bits per heavy atom. The second-order valence-electron chi connectivity index (χ2n) is 2.54. The fourth-order valence-corrected chi connectivity index (χ4v) is 2.13. The van der Waals surface area contributed by atoms with Crippen LogP contribution in [-0.2, 0) is 0 Å². The van der Waals surface area contributed by atoms with Crippen molar-refractivity contribution in [2.45, 2.75) is 11.1 Å².